The maximum Gasteiger partial charge on any atom is 0.249 e. The van der Waals surface area contributed by atoms with E-state index in [0.29, 0.717) is 5.56 Å². The number of rotatable bonds is 6. The molecule has 0 bridgehead atoms. The molecule has 8 heteroatoms. The van der Waals surface area contributed by atoms with Gasteiger partial charge in [0.25, 0.3) is 0 Å². The van der Waals surface area contributed by atoms with Gasteiger partial charge in [-0.2, -0.15) is 9.57 Å². The first-order valence-electron chi connectivity index (χ1n) is 6.67. The number of nitriles is 1. The predicted octanol–water partition coefficient (Wildman–Crippen LogP) is 2.46. The van der Waals surface area contributed by atoms with E-state index >= 15 is 0 Å². The minimum Gasteiger partial charge on any atom is -0.264 e. The number of benzene rings is 1. The molecule has 0 saturated carbocycles. The van der Waals surface area contributed by atoms with Crippen molar-refractivity contribution in [3.63, 3.8) is 0 Å². The van der Waals surface area contributed by atoms with Crippen LogP contribution in [0.4, 0.5) is 8.78 Å². The second-order valence-corrected chi connectivity index (χ2v) is 6.53. The maximum atomic E-state index is 13.8. The van der Waals surface area contributed by atoms with E-state index in [4.69, 9.17) is 5.26 Å². The van der Waals surface area contributed by atoms with Crippen molar-refractivity contribution in [3.8, 4) is 6.07 Å². The van der Waals surface area contributed by atoms with Crippen LogP contribution in [0, 0.1) is 23.0 Å². The molecule has 0 N–H and O–H groups in total. The van der Waals surface area contributed by atoms with Crippen molar-refractivity contribution in [2.24, 2.45) is 0 Å². The fraction of sp³-hybridized carbons (Fsp3) is 0.200. The molecular weight excluding hydrogens is 324 g/mol. The summed E-state index contributed by atoms with van der Waals surface area (Å²) in [6, 6.07) is 7.93. The molecule has 0 aliphatic rings. The van der Waals surface area contributed by atoms with E-state index in [9.17, 15) is 17.2 Å². The number of nitrogens with zero attached hydrogens (tertiary/aromatic N) is 3. The van der Waals surface area contributed by atoms with Gasteiger partial charge < -0.3 is 0 Å². The fourth-order valence-electron chi connectivity index (χ4n) is 2.01. The Hall–Kier alpha value is -2.37. The molecule has 0 unspecified atom stereocenters. The third kappa shape index (κ3) is 3.88. The van der Waals surface area contributed by atoms with Crippen molar-refractivity contribution in [1.29, 1.82) is 5.26 Å². The second kappa shape index (κ2) is 7.26. The van der Waals surface area contributed by atoms with Crippen LogP contribution in [0.3, 0.4) is 0 Å². The largest absolute Gasteiger partial charge is 0.264 e. The normalized spacial score (nSPS) is 11.4. The molecule has 23 heavy (non-hydrogen) atoms. The molecule has 0 spiro atoms. The molecule has 0 fully saturated rings. The van der Waals surface area contributed by atoms with Gasteiger partial charge in [0.2, 0.25) is 10.0 Å². The summed E-state index contributed by atoms with van der Waals surface area (Å²) in [5.41, 5.74) is 0.547. The van der Waals surface area contributed by atoms with Crippen LogP contribution in [0.5, 0.6) is 0 Å². The molecule has 1 aromatic heterocycles. The predicted molar refractivity (Wildman–Crippen MR) is 78.4 cm³/mol. The van der Waals surface area contributed by atoms with Crippen LogP contribution in [-0.4, -0.2) is 24.3 Å². The number of pyridine rings is 1. The standard InChI is InChI=1S/C15H13F2N3O2S/c16-13-5-1-6-14(17)15(13)23(21,22)20(9-3-7-18)11-12-4-2-8-19-10-12/h1-2,4-6,8,10H,3,9,11H2. The second-order valence-electron chi connectivity index (χ2n) is 4.66. The van der Waals surface area contributed by atoms with Crippen LogP contribution < -0.4 is 0 Å². The van der Waals surface area contributed by atoms with E-state index in [0.717, 1.165) is 22.5 Å². The molecule has 0 amide bonds. The highest BCUT2D eigenvalue weighted by Gasteiger charge is 2.30. The first-order chi connectivity index (χ1) is 11.0. The molecule has 0 radical (unpaired) electrons. The fourth-order valence-corrected chi connectivity index (χ4v) is 3.55. The number of aromatic nitrogens is 1. The molecule has 0 saturated heterocycles. The van der Waals surface area contributed by atoms with Gasteiger partial charge >= 0.3 is 0 Å². The van der Waals surface area contributed by atoms with Crippen LogP contribution in [0.1, 0.15) is 12.0 Å². The van der Waals surface area contributed by atoms with Crippen LogP contribution in [0.25, 0.3) is 0 Å². The van der Waals surface area contributed by atoms with Gasteiger partial charge in [-0.15, -0.1) is 0 Å². The SMILES string of the molecule is N#CCCN(Cc1cccnc1)S(=O)(=O)c1c(F)cccc1F. The Morgan fingerprint density at radius 2 is 1.87 bits per heavy atom. The van der Waals surface area contributed by atoms with Crippen LogP contribution in [-0.2, 0) is 16.6 Å². The summed E-state index contributed by atoms with van der Waals surface area (Å²) in [7, 11) is -4.43. The summed E-state index contributed by atoms with van der Waals surface area (Å²) in [6.45, 7) is -0.312. The van der Waals surface area contributed by atoms with E-state index in [1.54, 1.807) is 12.1 Å². The Morgan fingerprint density at radius 3 is 2.43 bits per heavy atom. The van der Waals surface area contributed by atoms with Gasteiger partial charge in [-0.1, -0.05) is 12.1 Å². The molecule has 120 valence electrons. The monoisotopic (exact) mass is 337 g/mol. The summed E-state index contributed by atoms with van der Waals surface area (Å²) in [5.74, 6) is -2.34. The van der Waals surface area contributed by atoms with E-state index < -0.39 is 26.6 Å². The van der Waals surface area contributed by atoms with Crippen LogP contribution >= 0.6 is 0 Å². The van der Waals surface area contributed by atoms with Gasteiger partial charge in [0, 0.05) is 31.9 Å². The molecule has 1 aromatic carbocycles. The molecule has 5 nitrogen and oxygen atoms in total. The van der Waals surface area contributed by atoms with Crippen molar-refractivity contribution in [2.75, 3.05) is 6.54 Å². The van der Waals surface area contributed by atoms with Gasteiger partial charge in [-0.3, -0.25) is 4.98 Å². The highest BCUT2D eigenvalue weighted by atomic mass is 32.2. The zero-order chi connectivity index (χ0) is 16.9. The minimum absolute atomic E-state index is 0.102. The van der Waals surface area contributed by atoms with Gasteiger partial charge in [0.05, 0.1) is 6.07 Å². The molecule has 2 rings (SSSR count). The number of sulfonamides is 1. The van der Waals surface area contributed by atoms with Crippen molar-refractivity contribution in [1.82, 2.24) is 9.29 Å². The molecule has 2 aromatic rings. The first kappa shape index (κ1) is 17.0. The summed E-state index contributed by atoms with van der Waals surface area (Å²) < 4.78 is 53.8. The molecule has 0 aliphatic carbocycles. The lowest BCUT2D eigenvalue weighted by atomic mass is 10.3. The molecule has 1 heterocycles. The maximum absolute atomic E-state index is 13.8. The lowest BCUT2D eigenvalue weighted by Gasteiger charge is -2.21. The van der Waals surface area contributed by atoms with Crippen molar-refractivity contribution < 1.29 is 17.2 Å². The Bertz CT molecular complexity index is 800. The molecular formula is C15H13F2N3O2S. The Labute approximate surface area is 132 Å². The quantitative estimate of drug-likeness (QED) is 0.811. The average Bonchev–Trinajstić information content (AvgIpc) is 2.52. The lowest BCUT2D eigenvalue weighted by molar-refractivity contribution is 0.403. The Balaban J connectivity index is 2.43. The van der Waals surface area contributed by atoms with Crippen molar-refractivity contribution in [2.45, 2.75) is 17.9 Å². The van der Waals surface area contributed by atoms with E-state index in [-0.39, 0.29) is 19.5 Å². The third-order valence-electron chi connectivity index (χ3n) is 3.07. The number of hydrogen-bond donors (Lipinski definition) is 0. The van der Waals surface area contributed by atoms with Gasteiger partial charge in [-0.25, -0.2) is 17.2 Å². The number of halogens is 2. The van der Waals surface area contributed by atoms with Crippen LogP contribution in [0.2, 0.25) is 0 Å². The van der Waals surface area contributed by atoms with E-state index in [1.807, 2.05) is 6.07 Å². The minimum atomic E-state index is -4.43. The summed E-state index contributed by atoms with van der Waals surface area (Å²) in [6.07, 6.45) is 2.87. The van der Waals surface area contributed by atoms with Crippen LogP contribution in [0.15, 0.2) is 47.6 Å². The summed E-state index contributed by atoms with van der Waals surface area (Å²) in [4.78, 5) is 2.86. The highest BCUT2D eigenvalue weighted by Crippen LogP contribution is 2.24. The third-order valence-corrected chi connectivity index (χ3v) is 4.97. The van der Waals surface area contributed by atoms with Crippen molar-refractivity contribution >= 4 is 10.0 Å². The average molecular weight is 337 g/mol. The molecule has 0 atom stereocenters. The van der Waals surface area contributed by atoms with Crippen molar-refractivity contribution in [3.05, 3.63) is 59.9 Å². The summed E-state index contributed by atoms with van der Waals surface area (Å²) in [5, 5.41) is 8.69. The number of hydrogen-bond acceptors (Lipinski definition) is 4. The lowest BCUT2D eigenvalue weighted by Crippen LogP contribution is -2.32. The summed E-state index contributed by atoms with van der Waals surface area (Å²) >= 11 is 0. The van der Waals surface area contributed by atoms with E-state index in [1.165, 1.54) is 12.4 Å². The topological polar surface area (TPSA) is 74.1 Å². The Morgan fingerprint density at radius 1 is 1.17 bits per heavy atom. The van der Waals surface area contributed by atoms with Gasteiger partial charge in [-0.05, 0) is 23.8 Å². The first-order valence-corrected chi connectivity index (χ1v) is 8.11. The highest BCUT2D eigenvalue weighted by molar-refractivity contribution is 7.89. The zero-order valence-electron chi connectivity index (χ0n) is 12.0. The smallest absolute Gasteiger partial charge is 0.249 e. The van der Waals surface area contributed by atoms with Gasteiger partial charge in [0.15, 0.2) is 4.90 Å². The Kier molecular flexibility index (Phi) is 5.36. The molecule has 0 aliphatic heterocycles. The van der Waals surface area contributed by atoms with Gasteiger partial charge in [0.1, 0.15) is 11.6 Å². The zero-order valence-corrected chi connectivity index (χ0v) is 12.8. The van der Waals surface area contributed by atoms with E-state index in [2.05, 4.69) is 4.98 Å².